The van der Waals surface area contributed by atoms with Crippen molar-refractivity contribution in [3.05, 3.63) is 32.6 Å². The molecule has 0 bridgehead atoms. The van der Waals surface area contributed by atoms with E-state index in [4.69, 9.17) is 4.74 Å². The van der Waals surface area contributed by atoms with Crippen LogP contribution in [-0.4, -0.2) is 18.1 Å². The third kappa shape index (κ3) is 1.54. The fourth-order valence-corrected chi connectivity index (χ4v) is 2.15. The van der Waals surface area contributed by atoms with Crippen molar-refractivity contribution in [3.63, 3.8) is 0 Å². The van der Waals surface area contributed by atoms with Gasteiger partial charge >= 0.3 is 0 Å². The average Bonchev–Trinajstić information content (AvgIpc) is 2.17. The van der Waals surface area contributed by atoms with Crippen molar-refractivity contribution in [2.75, 3.05) is 13.2 Å². The van der Waals surface area contributed by atoms with Gasteiger partial charge in [0, 0.05) is 19.0 Å². The molecule has 0 aromatic carbocycles. The van der Waals surface area contributed by atoms with E-state index in [2.05, 4.69) is 4.72 Å². The number of ether oxygens (including phenoxy) is 1. The van der Waals surface area contributed by atoms with Gasteiger partial charge in [0.25, 0.3) is 5.70 Å². The number of rotatable bonds is 1. The number of nitro groups is 1. The van der Waals surface area contributed by atoms with Crippen LogP contribution < -0.4 is 4.72 Å². The van der Waals surface area contributed by atoms with Gasteiger partial charge in [-0.05, 0) is 11.9 Å². The first kappa shape index (κ1) is 8.58. The predicted octanol–water partition coefficient (Wildman–Crippen LogP) is 1.03. The summed E-state index contributed by atoms with van der Waals surface area (Å²) < 4.78 is 8.30. The van der Waals surface area contributed by atoms with Gasteiger partial charge in [-0.2, -0.15) is 0 Å². The molecule has 0 saturated heterocycles. The van der Waals surface area contributed by atoms with E-state index in [0.29, 0.717) is 11.5 Å². The highest BCUT2D eigenvalue weighted by Gasteiger charge is 2.28. The first-order chi connectivity index (χ1) is 6.29. The van der Waals surface area contributed by atoms with Crippen LogP contribution in [-0.2, 0) is 4.74 Å². The molecule has 0 atom stereocenters. The maximum atomic E-state index is 10.6. The minimum absolute atomic E-state index is 0.165. The van der Waals surface area contributed by atoms with E-state index in [0.717, 1.165) is 18.7 Å². The lowest BCUT2D eigenvalue weighted by molar-refractivity contribution is -0.420. The number of hydrogen-bond donors (Lipinski definition) is 1. The Balaban J connectivity index is 2.33. The highest BCUT2D eigenvalue weighted by atomic mass is 32.2. The molecule has 0 unspecified atom stereocenters. The van der Waals surface area contributed by atoms with Crippen LogP contribution in [0, 0.1) is 10.1 Å². The van der Waals surface area contributed by atoms with E-state index in [-0.39, 0.29) is 10.6 Å². The number of nitrogens with one attached hydrogen (secondary N) is 1. The molecule has 5 nitrogen and oxygen atoms in total. The minimum atomic E-state index is -0.363. The predicted molar refractivity (Wildman–Crippen MR) is 48.3 cm³/mol. The normalized spacial score (nSPS) is 21.7. The largest absolute Gasteiger partial charge is 0.492 e. The molecule has 2 aliphatic heterocycles. The molecule has 0 saturated carbocycles. The molecular weight excluding hydrogens is 192 g/mol. The lowest BCUT2D eigenvalue weighted by Crippen LogP contribution is -2.21. The van der Waals surface area contributed by atoms with Crippen molar-refractivity contribution in [2.45, 2.75) is 6.42 Å². The summed E-state index contributed by atoms with van der Waals surface area (Å²) in [6.07, 6.45) is 2.23. The summed E-state index contributed by atoms with van der Waals surface area (Å²) in [4.78, 5) is 10.9. The zero-order chi connectivity index (χ0) is 9.26. The van der Waals surface area contributed by atoms with Gasteiger partial charge in [0.05, 0.1) is 4.92 Å². The Bertz CT molecular complexity index is 311. The van der Waals surface area contributed by atoms with Crippen LogP contribution in [0.25, 0.3) is 0 Å². The van der Waals surface area contributed by atoms with Crippen molar-refractivity contribution in [3.8, 4) is 0 Å². The standard InChI is InChI=1S/C7H8N2O3S/c10-9(11)5-2-4-12-6-1-3-8-13-7(5)6/h2,8H,1,3-4H2. The molecule has 0 radical (unpaired) electrons. The Morgan fingerprint density at radius 2 is 2.54 bits per heavy atom. The Kier molecular flexibility index (Phi) is 2.24. The van der Waals surface area contributed by atoms with Crippen molar-refractivity contribution in [2.24, 2.45) is 0 Å². The van der Waals surface area contributed by atoms with Gasteiger partial charge in [-0.3, -0.25) is 14.8 Å². The molecule has 0 aromatic rings. The fraction of sp³-hybridized carbons (Fsp3) is 0.429. The monoisotopic (exact) mass is 200 g/mol. The molecule has 1 N–H and O–H groups in total. The molecule has 2 aliphatic rings. The summed E-state index contributed by atoms with van der Waals surface area (Å²) in [5.74, 6) is 0.748. The second-order valence-electron chi connectivity index (χ2n) is 2.66. The third-order valence-electron chi connectivity index (χ3n) is 1.85. The molecule has 70 valence electrons. The average molecular weight is 200 g/mol. The Hall–Kier alpha value is -1.01. The van der Waals surface area contributed by atoms with Gasteiger partial charge in [-0.25, -0.2) is 0 Å². The molecule has 0 fully saturated rings. The summed E-state index contributed by atoms with van der Waals surface area (Å²) in [5.41, 5.74) is 0.165. The van der Waals surface area contributed by atoms with Crippen molar-refractivity contribution in [1.82, 2.24) is 4.72 Å². The topological polar surface area (TPSA) is 64.4 Å². The van der Waals surface area contributed by atoms with Gasteiger partial charge < -0.3 is 4.74 Å². The zero-order valence-corrected chi connectivity index (χ0v) is 7.60. The highest BCUT2D eigenvalue weighted by molar-refractivity contribution is 8.01. The van der Waals surface area contributed by atoms with E-state index in [1.54, 1.807) is 0 Å². The van der Waals surface area contributed by atoms with Crippen LogP contribution in [0.2, 0.25) is 0 Å². The van der Waals surface area contributed by atoms with E-state index in [1.807, 2.05) is 0 Å². The van der Waals surface area contributed by atoms with Crippen LogP contribution >= 0.6 is 11.9 Å². The Morgan fingerprint density at radius 1 is 1.69 bits per heavy atom. The molecule has 6 heteroatoms. The van der Waals surface area contributed by atoms with E-state index in [9.17, 15) is 10.1 Å². The summed E-state index contributed by atoms with van der Waals surface area (Å²) in [5, 5.41) is 10.6. The maximum Gasteiger partial charge on any atom is 0.287 e. The third-order valence-corrected chi connectivity index (χ3v) is 2.83. The van der Waals surface area contributed by atoms with Crippen LogP contribution in [0.5, 0.6) is 0 Å². The van der Waals surface area contributed by atoms with Gasteiger partial charge in [-0.15, -0.1) is 0 Å². The molecule has 0 amide bonds. The molecule has 0 spiro atoms. The van der Waals surface area contributed by atoms with E-state index < -0.39 is 0 Å². The van der Waals surface area contributed by atoms with Crippen molar-refractivity contribution in [1.29, 1.82) is 0 Å². The van der Waals surface area contributed by atoms with Gasteiger partial charge in [0.15, 0.2) is 0 Å². The van der Waals surface area contributed by atoms with Gasteiger partial charge in [-0.1, -0.05) is 0 Å². The number of nitrogens with zero attached hydrogens (tertiary/aromatic N) is 1. The van der Waals surface area contributed by atoms with Gasteiger partial charge in [0.2, 0.25) is 0 Å². The van der Waals surface area contributed by atoms with Crippen molar-refractivity contribution >= 4 is 11.9 Å². The minimum Gasteiger partial charge on any atom is -0.492 e. The Morgan fingerprint density at radius 3 is 3.31 bits per heavy atom. The fourth-order valence-electron chi connectivity index (χ4n) is 1.26. The van der Waals surface area contributed by atoms with Crippen molar-refractivity contribution < 1.29 is 9.66 Å². The van der Waals surface area contributed by atoms with Crippen LogP contribution in [0.3, 0.4) is 0 Å². The summed E-state index contributed by atoms with van der Waals surface area (Å²) >= 11 is 1.28. The summed E-state index contributed by atoms with van der Waals surface area (Å²) in [6.45, 7) is 1.12. The summed E-state index contributed by atoms with van der Waals surface area (Å²) in [7, 11) is 0. The first-order valence-electron chi connectivity index (χ1n) is 3.89. The smallest absolute Gasteiger partial charge is 0.287 e. The quantitative estimate of drug-likeness (QED) is 0.389. The molecule has 0 aliphatic carbocycles. The van der Waals surface area contributed by atoms with E-state index in [1.165, 1.54) is 18.0 Å². The Labute approximate surface area is 79.1 Å². The van der Waals surface area contributed by atoms with Crippen LogP contribution in [0.15, 0.2) is 22.4 Å². The molecule has 13 heavy (non-hydrogen) atoms. The van der Waals surface area contributed by atoms with Gasteiger partial charge in [0.1, 0.15) is 17.3 Å². The van der Waals surface area contributed by atoms with Crippen LogP contribution in [0.1, 0.15) is 6.42 Å². The first-order valence-corrected chi connectivity index (χ1v) is 4.71. The second kappa shape index (κ2) is 3.39. The SMILES string of the molecule is O=[N+]([O-])C1=CCOC2=C1SNCC2. The lowest BCUT2D eigenvalue weighted by atomic mass is 10.2. The maximum absolute atomic E-state index is 10.6. The summed E-state index contributed by atoms with van der Waals surface area (Å²) in [6, 6.07) is 0. The highest BCUT2D eigenvalue weighted by Crippen LogP contribution is 2.33. The zero-order valence-electron chi connectivity index (χ0n) is 6.78. The van der Waals surface area contributed by atoms with Crippen LogP contribution in [0.4, 0.5) is 0 Å². The lowest BCUT2D eigenvalue weighted by Gasteiger charge is -2.21. The number of hydrogen-bond acceptors (Lipinski definition) is 5. The second-order valence-corrected chi connectivity index (χ2v) is 3.56. The molecule has 2 heterocycles. The molecule has 0 aromatic heterocycles. The molecule has 2 rings (SSSR count). The molecular formula is C7H8N2O3S. The van der Waals surface area contributed by atoms with E-state index >= 15 is 0 Å².